The monoisotopic (exact) mass is 468 g/mol. The van der Waals surface area contributed by atoms with Crippen LogP contribution in [0.3, 0.4) is 0 Å². The minimum atomic E-state index is -0.432. The largest absolute Gasteiger partial charge is 0.378 e. The molecule has 1 N–H and O–H groups in total. The van der Waals surface area contributed by atoms with Crippen LogP contribution >= 0.6 is 11.6 Å². The summed E-state index contributed by atoms with van der Waals surface area (Å²) in [5.41, 5.74) is 2.55. The number of benzene rings is 1. The third-order valence-corrected chi connectivity index (χ3v) is 5.12. The van der Waals surface area contributed by atoms with Crippen molar-refractivity contribution in [1.82, 2.24) is 15.3 Å². The Labute approximate surface area is 198 Å². The number of rotatable bonds is 5. The molecule has 172 valence electrons. The molecule has 1 aromatic carbocycles. The van der Waals surface area contributed by atoms with E-state index in [-0.39, 0.29) is 18.1 Å². The Morgan fingerprint density at radius 2 is 2.00 bits per heavy atom. The molecule has 6 nitrogen and oxygen atoms in total. The van der Waals surface area contributed by atoms with E-state index in [0.29, 0.717) is 24.3 Å². The third-order valence-electron chi connectivity index (χ3n) is 4.88. The predicted octanol–water partition coefficient (Wildman–Crippen LogP) is 4.74. The molecule has 0 aliphatic carbocycles. The minimum absolute atomic E-state index is 0.164. The summed E-state index contributed by atoms with van der Waals surface area (Å²) in [6.45, 7) is 8.27. The van der Waals surface area contributed by atoms with Crippen LogP contribution in [-0.4, -0.2) is 42.2 Å². The molecule has 3 heterocycles. The number of ether oxygens (including phenoxy) is 1. The van der Waals surface area contributed by atoms with E-state index in [9.17, 15) is 9.18 Å². The van der Waals surface area contributed by atoms with Gasteiger partial charge in [-0.2, -0.15) is 0 Å². The zero-order chi connectivity index (χ0) is 23.6. The van der Waals surface area contributed by atoms with Gasteiger partial charge in [0.25, 0.3) is 0 Å². The highest BCUT2D eigenvalue weighted by atomic mass is 35.5. The van der Waals surface area contributed by atoms with Crippen LogP contribution < -0.4 is 10.2 Å². The summed E-state index contributed by atoms with van der Waals surface area (Å²) in [6, 6.07) is 12.6. The Morgan fingerprint density at radius 1 is 1.21 bits per heavy atom. The highest BCUT2D eigenvalue weighted by molar-refractivity contribution is 6.30. The fraction of sp³-hybridized carbons (Fsp3) is 0.240. The van der Waals surface area contributed by atoms with Crippen LogP contribution in [0.25, 0.3) is 17.3 Å². The van der Waals surface area contributed by atoms with Crippen LogP contribution in [0.1, 0.15) is 18.1 Å². The summed E-state index contributed by atoms with van der Waals surface area (Å²) in [5.74, 6) is 0.255. The van der Waals surface area contributed by atoms with E-state index in [2.05, 4.69) is 26.8 Å². The topological polar surface area (TPSA) is 67.4 Å². The Bertz CT molecular complexity index is 1090. The molecule has 1 aliphatic heterocycles. The van der Waals surface area contributed by atoms with E-state index in [1.54, 1.807) is 18.5 Å². The minimum Gasteiger partial charge on any atom is -0.378 e. The van der Waals surface area contributed by atoms with Gasteiger partial charge in [-0.25, -0.2) is 9.37 Å². The average molecular weight is 469 g/mol. The number of hydrogen-bond donors (Lipinski definition) is 1. The number of carbonyl (C=O) groups excluding carboxylic acids is 1. The van der Waals surface area contributed by atoms with Crippen molar-refractivity contribution < 1.29 is 13.9 Å². The van der Waals surface area contributed by atoms with E-state index in [1.807, 2.05) is 36.4 Å². The van der Waals surface area contributed by atoms with Crippen LogP contribution in [-0.2, 0) is 16.1 Å². The number of anilines is 1. The molecule has 0 saturated carbocycles. The molecule has 0 unspecified atom stereocenters. The van der Waals surface area contributed by atoms with Gasteiger partial charge in [-0.3, -0.25) is 9.78 Å². The number of aromatic nitrogens is 2. The van der Waals surface area contributed by atoms with Crippen molar-refractivity contribution in [3.05, 3.63) is 83.4 Å². The summed E-state index contributed by atoms with van der Waals surface area (Å²) in [6.07, 6.45) is 4.96. The molecule has 4 rings (SSSR count). The van der Waals surface area contributed by atoms with Crippen molar-refractivity contribution in [2.24, 2.45) is 0 Å². The van der Waals surface area contributed by atoms with Gasteiger partial charge in [0, 0.05) is 49.5 Å². The number of nitrogens with zero attached hydrogens (tertiary/aromatic N) is 3. The lowest BCUT2D eigenvalue weighted by atomic mass is 10.1. The van der Waals surface area contributed by atoms with Gasteiger partial charge in [-0.15, -0.1) is 0 Å². The first-order valence-corrected chi connectivity index (χ1v) is 10.9. The average Bonchev–Trinajstić information content (AvgIpc) is 2.84. The summed E-state index contributed by atoms with van der Waals surface area (Å²) in [5, 5.41) is 3.38. The fourth-order valence-electron chi connectivity index (χ4n) is 3.15. The number of morpholine rings is 1. The van der Waals surface area contributed by atoms with Crippen LogP contribution in [0.4, 0.5) is 10.2 Å². The van der Waals surface area contributed by atoms with Crippen LogP contribution in [0.5, 0.6) is 0 Å². The van der Waals surface area contributed by atoms with Gasteiger partial charge < -0.3 is 15.0 Å². The van der Waals surface area contributed by atoms with Crippen molar-refractivity contribution in [2.45, 2.75) is 13.5 Å². The lowest BCUT2D eigenvalue weighted by Gasteiger charge is -2.27. The van der Waals surface area contributed by atoms with Crippen molar-refractivity contribution in [1.29, 1.82) is 0 Å². The lowest BCUT2D eigenvalue weighted by molar-refractivity contribution is -0.119. The normalized spacial score (nSPS) is 13.0. The van der Waals surface area contributed by atoms with Crippen LogP contribution in [0.15, 0.2) is 61.4 Å². The van der Waals surface area contributed by atoms with Crippen LogP contribution in [0, 0.1) is 5.82 Å². The highest BCUT2D eigenvalue weighted by Crippen LogP contribution is 2.23. The third kappa shape index (κ3) is 7.37. The Balaban J connectivity index is 0.000000286. The van der Waals surface area contributed by atoms with Crippen LogP contribution in [0.2, 0.25) is 5.02 Å². The Hall–Kier alpha value is -3.29. The number of nitrogens with one attached hydrogen (secondary N) is 1. The Kier molecular flexibility index (Phi) is 8.92. The quantitative estimate of drug-likeness (QED) is 0.586. The molecule has 0 bridgehead atoms. The first-order valence-electron chi connectivity index (χ1n) is 10.5. The number of amides is 1. The SMILES string of the molecule is C=Cc1cccc(Cl)c1.CC(=O)NCc1cnc(-c2ccc(N3CCOCC3)nc2)c(F)c1. The Morgan fingerprint density at radius 3 is 2.58 bits per heavy atom. The van der Waals surface area contributed by atoms with Gasteiger partial charge in [0.1, 0.15) is 17.3 Å². The van der Waals surface area contributed by atoms with E-state index in [0.717, 1.165) is 29.5 Å². The molecule has 1 fully saturated rings. The molecule has 1 saturated heterocycles. The van der Waals surface area contributed by atoms with E-state index in [4.69, 9.17) is 16.3 Å². The fourth-order valence-corrected chi connectivity index (χ4v) is 3.35. The second-order valence-corrected chi connectivity index (χ2v) is 7.78. The first kappa shape index (κ1) is 24.4. The summed E-state index contributed by atoms with van der Waals surface area (Å²) in [7, 11) is 0. The first-order chi connectivity index (χ1) is 16.0. The number of carbonyl (C=O) groups is 1. The second kappa shape index (κ2) is 12.1. The molecule has 8 heteroatoms. The summed E-state index contributed by atoms with van der Waals surface area (Å²) >= 11 is 5.68. The number of pyridine rings is 2. The van der Waals surface area contributed by atoms with Crippen molar-refractivity contribution in [2.75, 3.05) is 31.2 Å². The lowest BCUT2D eigenvalue weighted by Crippen LogP contribution is -2.36. The molecule has 0 spiro atoms. The molecule has 0 radical (unpaired) electrons. The maximum absolute atomic E-state index is 14.3. The molecule has 33 heavy (non-hydrogen) atoms. The van der Waals surface area contributed by atoms with Gasteiger partial charge in [0.2, 0.25) is 5.91 Å². The maximum atomic E-state index is 14.3. The van der Waals surface area contributed by atoms with Gasteiger partial charge in [0.05, 0.1) is 13.2 Å². The predicted molar refractivity (Wildman–Crippen MR) is 130 cm³/mol. The second-order valence-electron chi connectivity index (χ2n) is 7.35. The van der Waals surface area contributed by atoms with Gasteiger partial charge in [-0.1, -0.05) is 36.4 Å². The molecule has 3 aromatic rings. The van der Waals surface area contributed by atoms with E-state index in [1.165, 1.54) is 13.0 Å². The van der Waals surface area contributed by atoms with Crippen molar-refractivity contribution in [3.63, 3.8) is 0 Å². The van der Waals surface area contributed by atoms with Gasteiger partial charge in [0.15, 0.2) is 0 Å². The molecular weight excluding hydrogens is 443 g/mol. The van der Waals surface area contributed by atoms with Gasteiger partial charge >= 0.3 is 0 Å². The van der Waals surface area contributed by atoms with Crippen molar-refractivity contribution >= 4 is 29.4 Å². The molecule has 0 atom stereocenters. The molecule has 1 amide bonds. The smallest absolute Gasteiger partial charge is 0.217 e. The summed E-state index contributed by atoms with van der Waals surface area (Å²) < 4.78 is 19.6. The summed E-state index contributed by atoms with van der Waals surface area (Å²) in [4.78, 5) is 21.6. The van der Waals surface area contributed by atoms with Gasteiger partial charge in [-0.05, 0) is 41.5 Å². The zero-order valence-electron chi connectivity index (χ0n) is 18.4. The van der Waals surface area contributed by atoms with Crippen molar-refractivity contribution in [3.8, 4) is 11.3 Å². The maximum Gasteiger partial charge on any atom is 0.217 e. The highest BCUT2D eigenvalue weighted by Gasteiger charge is 2.14. The molecule has 2 aromatic heterocycles. The zero-order valence-corrected chi connectivity index (χ0v) is 19.2. The van der Waals surface area contributed by atoms with E-state index < -0.39 is 5.82 Å². The standard InChI is InChI=1S/C17H19FN4O2.C8H7Cl/c1-12(23)19-9-13-8-15(18)17(21-10-13)14-2-3-16(20-11-14)22-4-6-24-7-5-22;1-2-7-4-3-5-8(9)6-7/h2-3,8,10-11H,4-7,9H2,1H3,(H,19,23);2-6H,1H2. The molecule has 1 aliphatic rings. The van der Waals surface area contributed by atoms with E-state index >= 15 is 0 Å². The molecular formula is C25H26ClFN4O2. The number of hydrogen-bond acceptors (Lipinski definition) is 5. The number of halogens is 2.